The molecule has 0 saturated carbocycles. The van der Waals surface area contributed by atoms with Crippen molar-refractivity contribution in [3.8, 4) is 0 Å². The molecule has 1 saturated heterocycles. The molecule has 0 aliphatic carbocycles. The summed E-state index contributed by atoms with van der Waals surface area (Å²) in [6, 6.07) is -1.50. The molecule has 1 aliphatic heterocycles. The summed E-state index contributed by atoms with van der Waals surface area (Å²) in [5.74, 6) is 0. The number of halogens is 3. The van der Waals surface area contributed by atoms with Gasteiger partial charge >= 0.3 is 6.18 Å². The molecule has 1 aliphatic rings. The first-order chi connectivity index (χ1) is 7.54. The van der Waals surface area contributed by atoms with E-state index in [1.54, 1.807) is 0 Å². The van der Waals surface area contributed by atoms with E-state index in [2.05, 4.69) is 11.3 Å². The first-order valence-corrected chi connectivity index (χ1v) is 6.08. The average molecular weight is 255 g/mol. The lowest BCUT2D eigenvalue weighted by atomic mass is 10.2. The molecule has 1 heterocycles. The first-order valence-electron chi connectivity index (χ1n) is 5.20. The van der Waals surface area contributed by atoms with Gasteiger partial charge in [0.15, 0.2) is 0 Å². The van der Waals surface area contributed by atoms with Crippen LogP contribution in [0.3, 0.4) is 0 Å². The summed E-state index contributed by atoms with van der Waals surface area (Å²) in [6.45, 7) is 4.61. The zero-order chi connectivity index (χ0) is 12.0. The van der Waals surface area contributed by atoms with Crippen molar-refractivity contribution in [3.05, 3.63) is 12.7 Å². The van der Waals surface area contributed by atoms with Gasteiger partial charge in [0.05, 0.1) is 0 Å². The monoisotopic (exact) mass is 255 g/mol. The van der Waals surface area contributed by atoms with E-state index in [9.17, 15) is 13.2 Å². The van der Waals surface area contributed by atoms with Crippen molar-refractivity contribution in [3.63, 3.8) is 0 Å². The van der Waals surface area contributed by atoms with Crippen molar-refractivity contribution in [2.75, 3.05) is 13.2 Å². The van der Waals surface area contributed by atoms with Crippen LogP contribution in [0, 0.1) is 0 Å². The van der Waals surface area contributed by atoms with Crippen molar-refractivity contribution in [1.29, 1.82) is 0 Å². The van der Waals surface area contributed by atoms with Gasteiger partial charge in [-0.05, 0) is 19.3 Å². The molecule has 16 heavy (non-hydrogen) atoms. The Morgan fingerprint density at radius 1 is 1.44 bits per heavy atom. The second-order valence-corrected chi connectivity index (χ2v) is 4.80. The molecule has 1 fully saturated rings. The van der Waals surface area contributed by atoms with Crippen LogP contribution < -0.4 is 4.72 Å². The third-order valence-corrected chi connectivity index (χ3v) is 3.57. The molecule has 0 radical (unpaired) electrons. The standard InChI is InChI=1S/C10H16F3NOS/c1-2-3-9(10(11,12)13)14-16-8-4-6-15-7-5-8/h2,8-9,14H,1,3-7H2. The fourth-order valence-corrected chi connectivity index (χ4v) is 2.40. The van der Waals surface area contributed by atoms with Crippen LogP contribution in [0.15, 0.2) is 12.7 Å². The third-order valence-electron chi connectivity index (χ3n) is 2.34. The van der Waals surface area contributed by atoms with Crippen LogP contribution in [0.5, 0.6) is 0 Å². The summed E-state index contributed by atoms with van der Waals surface area (Å²) in [5.41, 5.74) is 0. The molecule has 94 valence electrons. The van der Waals surface area contributed by atoms with E-state index in [0.717, 1.165) is 12.8 Å². The van der Waals surface area contributed by atoms with Gasteiger partial charge in [-0.1, -0.05) is 18.0 Å². The fraction of sp³-hybridized carbons (Fsp3) is 0.800. The zero-order valence-electron chi connectivity index (χ0n) is 8.93. The van der Waals surface area contributed by atoms with E-state index in [4.69, 9.17) is 4.74 Å². The molecule has 2 nitrogen and oxygen atoms in total. The zero-order valence-corrected chi connectivity index (χ0v) is 9.74. The smallest absolute Gasteiger partial charge is 0.381 e. The summed E-state index contributed by atoms with van der Waals surface area (Å²) in [4.78, 5) is 0. The van der Waals surface area contributed by atoms with Crippen LogP contribution in [-0.4, -0.2) is 30.7 Å². The number of alkyl halides is 3. The van der Waals surface area contributed by atoms with Crippen LogP contribution in [0.25, 0.3) is 0 Å². The Morgan fingerprint density at radius 2 is 2.06 bits per heavy atom. The van der Waals surface area contributed by atoms with E-state index >= 15 is 0 Å². The summed E-state index contributed by atoms with van der Waals surface area (Å²) in [7, 11) is 0. The number of hydrogen-bond donors (Lipinski definition) is 1. The highest BCUT2D eigenvalue weighted by Crippen LogP contribution is 2.27. The number of nitrogens with one attached hydrogen (secondary N) is 1. The van der Waals surface area contributed by atoms with Crippen LogP contribution >= 0.6 is 11.9 Å². The molecule has 1 unspecified atom stereocenters. The van der Waals surface area contributed by atoms with Gasteiger partial charge in [-0.15, -0.1) is 6.58 Å². The predicted molar refractivity (Wildman–Crippen MR) is 59.2 cm³/mol. The quantitative estimate of drug-likeness (QED) is 0.603. The Morgan fingerprint density at radius 3 is 2.56 bits per heavy atom. The molecule has 1 N–H and O–H groups in total. The predicted octanol–water partition coefficient (Wildman–Crippen LogP) is 2.91. The highest BCUT2D eigenvalue weighted by Gasteiger charge is 2.38. The van der Waals surface area contributed by atoms with Crippen LogP contribution in [0.2, 0.25) is 0 Å². The Balaban J connectivity index is 2.33. The summed E-state index contributed by atoms with van der Waals surface area (Å²) < 4.78 is 45.2. The van der Waals surface area contributed by atoms with E-state index in [-0.39, 0.29) is 11.7 Å². The van der Waals surface area contributed by atoms with Gasteiger partial charge in [0.1, 0.15) is 6.04 Å². The molecular weight excluding hydrogens is 239 g/mol. The fourth-order valence-electron chi connectivity index (χ4n) is 1.39. The van der Waals surface area contributed by atoms with Gasteiger partial charge in [0.25, 0.3) is 0 Å². The summed E-state index contributed by atoms with van der Waals surface area (Å²) in [5, 5.41) is 0.211. The molecule has 0 bridgehead atoms. The van der Waals surface area contributed by atoms with Crippen molar-refractivity contribution in [1.82, 2.24) is 4.72 Å². The molecule has 0 aromatic heterocycles. The second kappa shape index (κ2) is 6.51. The number of ether oxygens (including phenoxy) is 1. The number of hydrogen-bond acceptors (Lipinski definition) is 3. The Kier molecular flexibility index (Phi) is 5.64. The number of rotatable bonds is 5. The highest BCUT2D eigenvalue weighted by atomic mass is 32.2. The van der Waals surface area contributed by atoms with Crippen molar-refractivity contribution >= 4 is 11.9 Å². The Labute approximate surface area is 97.7 Å². The van der Waals surface area contributed by atoms with Crippen LogP contribution in [0.1, 0.15) is 19.3 Å². The lowest BCUT2D eigenvalue weighted by Gasteiger charge is -2.25. The molecular formula is C10H16F3NOS. The third kappa shape index (κ3) is 4.76. The van der Waals surface area contributed by atoms with Crippen LogP contribution in [0.4, 0.5) is 13.2 Å². The van der Waals surface area contributed by atoms with Gasteiger partial charge in [-0.25, -0.2) is 0 Å². The lowest BCUT2D eigenvalue weighted by molar-refractivity contribution is -0.149. The minimum absolute atomic E-state index is 0.0975. The normalized spacial score (nSPS) is 20.7. The Hall–Kier alpha value is -0.200. The van der Waals surface area contributed by atoms with Gasteiger partial charge in [0, 0.05) is 18.5 Å². The highest BCUT2D eigenvalue weighted by molar-refractivity contribution is 7.98. The summed E-state index contributed by atoms with van der Waals surface area (Å²) in [6.07, 6.45) is -1.42. The van der Waals surface area contributed by atoms with E-state index < -0.39 is 12.2 Å². The van der Waals surface area contributed by atoms with E-state index in [1.807, 2.05) is 0 Å². The second-order valence-electron chi connectivity index (χ2n) is 3.67. The molecule has 1 rings (SSSR count). The van der Waals surface area contributed by atoms with Gasteiger partial charge in [-0.3, -0.25) is 4.72 Å². The maximum Gasteiger partial charge on any atom is 0.404 e. The van der Waals surface area contributed by atoms with Crippen molar-refractivity contribution < 1.29 is 17.9 Å². The first kappa shape index (κ1) is 13.9. The van der Waals surface area contributed by atoms with E-state index in [0.29, 0.717) is 13.2 Å². The molecule has 1 atom stereocenters. The SMILES string of the molecule is C=CCC(NSC1CCOCC1)C(F)(F)F. The minimum Gasteiger partial charge on any atom is -0.381 e. The van der Waals surface area contributed by atoms with E-state index in [1.165, 1.54) is 18.0 Å². The van der Waals surface area contributed by atoms with Crippen molar-refractivity contribution in [2.45, 2.75) is 36.7 Å². The molecule has 0 aromatic carbocycles. The lowest BCUT2D eigenvalue weighted by Crippen LogP contribution is -2.39. The maximum absolute atomic E-state index is 12.5. The van der Waals surface area contributed by atoms with Gasteiger partial charge in [0.2, 0.25) is 0 Å². The van der Waals surface area contributed by atoms with Crippen molar-refractivity contribution in [2.24, 2.45) is 0 Å². The topological polar surface area (TPSA) is 21.3 Å². The van der Waals surface area contributed by atoms with Gasteiger partial charge in [-0.2, -0.15) is 13.2 Å². The molecule has 6 heteroatoms. The molecule has 0 aromatic rings. The largest absolute Gasteiger partial charge is 0.404 e. The Bertz CT molecular complexity index is 217. The minimum atomic E-state index is -4.22. The summed E-state index contributed by atoms with van der Waals surface area (Å²) >= 11 is 1.17. The molecule has 0 amide bonds. The maximum atomic E-state index is 12.5. The van der Waals surface area contributed by atoms with Crippen LogP contribution in [-0.2, 0) is 4.74 Å². The average Bonchev–Trinajstić information content (AvgIpc) is 2.24. The van der Waals surface area contributed by atoms with Gasteiger partial charge < -0.3 is 4.74 Å². The molecule has 0 spiro atoms.